The van der Waals surface area contributed by atoms with Gasteiger partial charge in [-0.2, -0.15) is 5.26 Å². The zero-order valence-corrected chi connectivity index (χ0v) is 15.8. The number of hydrogen-bond acceptors (Lipinski definition) is 6. The number of nitriles is 1. The van der Waals surface area contributed by atoms with E-state index in [0.29, 0.717) is 22.4 Å². The number of carbonyl (C=O) groups excluding carboxylic acids is 2. The Kier molecular flexibility index (Phi) is 5.37. The van der Waals surface area contributed by atoms with E-state index in [1.165, 1.54) is 13.1 Å². The van der Waals surface area contributed by atoms with Crippen molar-refractivity contribution < 1.29 is 14.3 Å². The fourth-order valence-electron chi connectivity index (χ4n) is 2.99. The minimum atomic E-state index is -0.726. The molecule has 1 atom stereocenters. The third-order valence-corrected chi connectivity index (χ3v) is 4.40. The molecule has 1 aliphatic rings. The maximum absolute atomic E-state index is 11.8. The summed E-state index contributed by atoms with van der Waals surface area (Å²) in [5.41, 5.74) is 3.94. The summed E-state index contributed by atoms with van der Waals surface area (Å²) in [6.07, 6.45) is 3.26. The predicted octanol–water partition coefficient (Wildman–Crippen LogP) is 3.71. The van der Waals surface area contributed by atoms with E-state index in [1.54, 1.807) is 47.5 Å². The molecule has 0 saturated heterocycles. The lowest BCUT2D eigenvalue weighted by molar-refractivity contribution is -0.113. The number of hydrogen-bond donors (Lipinski definition) is 0. The Bertz CT molecular complexity index is 1010. The van der Waals surface area contributed by atoms with Crippen LogP contribution in [0, 0.1) is 25.2 Å². The fourth-order valence-corrected chi connectivity index (χ4v) is 2.99. The summed E-state index contributed by atoms with van der Waals surface area (Å²) in [7, 11) is 0. The van der Waals surface area contributed by atoms with Gasteiger partial charge in [-0.05, 0) is 68.3 Å². The molecule has 2 aromatic carbocycles. The van der Waals surface area contributed by atoms with E-state index in [2.05, 4.69) is 11.1 Å². The molecule has 1 unspecified atom stereocenters. The molecule has 0 N–H and O–H groups in total. The summed E-state index contributed by atoms with van der Waals surface area (Å²) < 4.78 is 6.16. The molecule has 0 aliphatic carbocycles. The van der Waals surface area contributed by atoms with Gasteiger partial charge in [0.25, 0.3) is 6.35 Å². The van der Waals surface area contributed by atoms with Gasteiger partial charge in [0.05, 0.1) is 17.2 Å². The zero-order chi connectivity index (χ0) is 20.3. The second-order valence-corrected chi connectivity index (χ2v) is 6.53. The predicted molar refractivity (Wildman–Crippen MR) is 107 cm³/mol. The van der Waals surface area contributed by atoms with E-state index >= 15 is 0 Å². The molecule has 0 aromatic heterocycles. The molecule has 0 amide bonds. The third kappa shape index (κ3) is 3.84. The molecule has 6 nitrogen and oxygen atoms in total. The Labute approximate surface area is 163 Å². The number of nitrogens with zero attached hydrogens (tertiary/aromatic N) is 3. The van der Waals surface area contributed by atoms with Crippen LogP contribution in [0.15, 0.2) is 53.2 Å². The number of rotatable bonds is 5. The van der Waals surface area contributed by atoms with Crippen molar-refractivity contribution >= 4 is 24.0 Å². The first-order valence-electron chi connectivity index (χ1n) is 8.70. The number of Topliss-reactive ketones (excluding diaryl/α,β-unsaturated/α-hetero) is 1. The van der Waals surface area contributed by atoms with Gasteiger partial charge in [-0.1, -0.05) is 0 Å². The van der Waals surface area contributed by atoms with Crippen LogP contribution in [0.2, 0.25) is 0 Å². The normalized spacial score (nSPS) is 15.6. The number of aliphatic imine (C=N–C) groups is 1. The Hall–Kier alpha value is -3.72. The zero-order valence-electron chi connectivity index (χ0n) is 15.8. The number of aldehydes is 1. The van der Waals surface area contributed by atoms with E-state index in [4.69, 9.17) is 10.00 Å². The molecule has 140 valence electrons. The van der Waals surface area contributed by atoms with E-state index in [9.17, 15) is 9.59 Å². The van der Waals surface area contributed by atoms with Crippen LogP contribution in [0.1, 0.15) is 34.0 Å². The number of ether oxygens (including phenoxy) is 1. The molecule has 0 saturated carbocycles. The molecular formula is C22H19N3O3. The first-order valence-corrected chi connectivity index (χ1v) is 8.70. The van der Waals surface area contributed by atoms with Crippen LogP contribution >= 0.6 is 0 Å². The molecule has 2 aromatic rings. The van der Waals surface area contributed by atoms with Crippen LogP contribution in [-0.4, -0.2) is 24.6 Å². The molecule has 0 spiro atoms. The van der Waals surface area contributed by atoms with Crippen molar-refractivity contribution in [2.45, 2.75) is 27.1 Å². The van der Waals surface area contributed by atoms with Gasteiger partial charge in [-0.3, -0.25) is 14.5 Å². The summed E-state index contributed by atoms with van der Waals surface area (Å²) in [5, 5.41) is 9.01. The highest BCUT2D eigenvalue weighted by molar-refractivity contribution is 6.13. The lowest BCUT2D eigenvalue weighted by Gasteiger charge is -2.31. The summed E-state index contributed by atoms with van der Waals surface area (Å²) in [6, 6.07) is 12.5. The first-order chi connectivity index (χ1) is 13.4. The number of carbonyl (C=O) groups is 2. The highest BCUT2D eigenvalue weighted by Crippen LogP contribution is 2.29. The molecule has 1 aliphatic heterocycles. The largest absolute Gasteiger partial charge is 0.450 e. The maximum Gasteiger partial charge on any atom is 0.274 e. The smallest absolute Gasteiger partial charge is 0.274 e. The van der Waals surface area contributed by atoms with Gasteiger partial charge in [0.2, 0.25) is 0 Å². The summed E-state index contributed by atoms with van der Waals surface area (Å²) in [6.45, 7) is 5.21. The lowest BCUT2D eigenvalue weighted by atomic mass is 10.1. The standard InChI is InChI=1S/C22H19N3O3/c1-14-8-18(13-26)9-15(2)21(14)28-22-24-11-19(16(3)27)12-25(22)20-6-4-17(10-23)5-7-20/h4-9,11-13,22H,1-3H3. The average Bonchev–Trinajstić information content (AvgIpc) is 2.70. The molecule has 6 heteroatoms. The minimum absolute atomic E-state index is 0.108. The first kappa shape index (κ1) is 19.1. The van der Waals surface area contributed by atoms with Gasteiger partial charge in [0.1, 0.15) is 12.0 Å². The Morgan fingerprint density at radius 1 is 1.21 bits per heavy atom. The monoisotopic (exact) mass is 373 g/mol. The molecule has 0 radical (unpaired) electrons. The number of allylic oxidation sites excluding steroid dienone is 1. The summed E-state index contributed by atoms with van der Waals surface area (Å²) in [4.78, 5) is 29.0. The quantitative estimate of drug-likeness (QED) is 0.746. The number of benzene rings is 2. The van der Waals surface area contributed by atoms with Crippen molar-refractivity contribution in [3.05, 3.63) is 70.4 Å². The summed E-state index contributed by atoms with van der Waals surface area (Å²) in [5.74, 6) is 0.523. The van der Waals surface area contributed by atoms with Crippen molar-refractivity contribution in [1.29, 1.82) is 5.26 Å². The van der Waals surface area contributed by atoms with Crippen LogP contribution in [-0.2, 0) is 4.79 Å². The third-order valence-electron chi connectivity index (χ3n) is 4.40. The van der Waals surface area contributed by atoms with Gasteiger partial charge in [-0.25, -0.2) is 4.99 Å². The minimum Gasteiger partial charge on any atom is -0.450 e. The van der Waals surface area contributed by atoms with Crippen LogP contribution < -0.4 is 9.64 Å². The second-order valence-electron chi connectivity index (χ2n) is 6.53. The molecule has 0 bridgehead atoms. The van der Waals surface area contributed by atoms with E-state index in [-0.39, 0.29) is 5.78 Å². The molecular weight excluding hydrogens is 354 g/mol. The van der Waals surface area contributed by atoms with Gasteiger partial charge >= 0.3 is 0 Å². The Balaban J connectivity index is 1.99. The molecule has 1 heterocycles. The number of aryl methyl sites for hydroxylation is 2. The molecule has 3 rings (SSSR count). The fraction of sp³-hybridized carbons (Fsp3) is 0.182. The van der Waals surface area contributed by atoms with Gasteiger partial charge in [0.15, 0.2) is 5.78 Å². The van der Waals surface area contributed by atoms with Crippen LogP contribution in [0.5, 0.6) is 5.75 Å². The van der Waals surface area contributed by atoms with Gasteiger partial charge < -0.3 is 4.74 Å². The topological polar surface area (TPSA) is 82.8 Å². The SMILES string of the molecule is CC(=O)C1=CN(c2ccc(C#N)cc2)C(Oc2c(C)cc(C=O)cc2C)N=C1. The van der Waals surface area contributed by atoms with Crippen molar-refractivity contribution in [1.82, 2.24) is 0 Å². The van der Waals surface area contributed by atoms with Gasteiger partial charge in [-0.15, -0.1) is 0 Å². The van der Waals surface area contributed by atoms with E-state index in [0.717, 1.165) is 23.1 Å². The second kappa shape index (κ2) is 7.89. The highest BCUT2D eigenvalue weighted by Gasteiger charge is 2.24. The van der Waals surface area contributed by atoms with E-state index < -0.39 is 6.35 Å². The van der Waals surface area contributed by atoms with Crippen LogP contribution in [0.3, 0.4) is 0 Å². The maximum atomic E-state index is 11.8. The van der Waals surface area contributed by atoms with Crippen molar-refractivity contribution in [2.24, 2.45) is 4.99 Å². The lowest BCUT2D eigenvalue weighted by Crippen LogP contribution is -2.38. The Morgan fingerprint density at radius 3 is 2.39 bits per heavy atom. The Morgan fingerprint density at radius 2 is 1.86 bits per heavy atom. The number of ketones is 1. The van der Waals surface area contributed by atoms with Crippen molar-refractivity contribution in [2.75, 3.05) is 4.90 Å². The van der Waals surface area contributed by atoms with Crippen molar-refractivity contribution in [3.8, 4) is 11.8 Å². The average molecular weight is 373 g/mol. The van der Waals surface area contributed by atoms with E-state index in [1.807, 2.05) is 13.8 Å². The highest BCUT2D eigenvalue weighted by atomic mass is 16.5. The van der Waals surface area contributed by atoms with Crippen LogP contribution in [0.25, 0.3) is 0 Å². The van der Waals surface area contributed by atoms with Crippen LogP contribution in [0.4, 0.5) is 5.69 Å². The van der Waals surface area contributed by atoms with Gasteiger partial charge in [0, 0.05) is 23.7 Å². The molecule has 0 fully saturated rings. The van der Waals surface area contributed by atoms with Crippen molar-refractivity contribution in [3.63, 3.8) is 0 Å². The summed E-state index contributed by atoms with van der Waals surface area (Å²) >= 11 is 0. The number of anilines is 1. The molecule has 28 heavy (non-hydrogen) atoms.